The van der Waals surface area contributed by atoms with Crippen LogP contribution < -0.4 is 0 Å². The van der Waals surface area contributed by atoms with Crippen LogP contribution in [0.1, 0.15) is 48.0 Å². The van der Waals surface area contributed by atoms with Gasteiger partial charge in [-0.15, -0.1) is 0 Å². The Hall–Kier alpha value is -2.40. The van der Waals surface area contributed by atoms with E-state index in [1.54, 1.807) is 4.90 Å². The van der Waals surface area contributed by atoms with Crippen molar-refractivity contribution < 1.29 is 9.18 Å². The molecule has 1 amide bonds. The van der Waals surface area contributed by atoms with Crippen LogP contribution >= 0.6 is 12.2 Å². The number of halogens is 1. The lowest BCUT2D eigenvalue weighted by atomic mass is 9.88. The fourth-order valence-corrected chi connectivity index (χ4v) is 4.26. The first kappa shape index (κ1) is 17.0. The molecule has 4 rings (SSSR count). The van der Waals surface area contributed by atoms with E-state index in [1.165, 1.54) is 24.3 Å². The highest BCUT2D eigenvalue weighted by molar-refractivity contribution is 7.82. The van der Waals surface area contributed by atoms with Crippen molar-refractivity contribution in [1.82, 2.24) is 4.90 Å². The summed E-state index contributed by atoms with van der Waals surface area (Å²) in [5.74, 6) is -0.564. The zero-order valence-corrected chi connectivity index (χ0v) is 15.1. The van der Waals surface area contributed by atoms with Gasteiger partial charge in [-0.3, -0.25) is 14.7 Å². The van der Waals surface area contributed by atoms with E-state index in [0.717, 1.165) is 37.7 Å². The molecule has 1 aliphatic carbocycles. The van der Waals surface area contributed by atoms with E-state index in [4.69, 9.17) is 17.2 Å². The maximum atomic E-state index is 13.3. The van der Waals surface area contributed by atoms with Crippen LogP contribution in [0.15, 0.2) is 59.6 Å². The van der Waals surface area contributed by atoms with Gasteiger partial charge in [0.15, 0.2) is 0 Å². The fourth-order valence-electron chi connectivity index (χ4n) is 3.84. The van der Waals surface area contributed by atoms with Crippen molar-refractivity contribution in [2.24, 2.45) is 4.99 Å². The van der Waals surface area contributed by atoms with Gasteiger partial charge in [-0.25, -0.2) is 4.39 Å². The maximum absolute atomic E-state index is 13.3. The Morgan fingerprint density at radius 1 is 1.00 bits per heavy atom. The number of benzene rings is 2. The fraction of sp³-hybridized carbons (Fsp3) is 0.286. The Labute approximate surface area is 157 Å². The summed E-state index contributed by atoms with van der Waals surface area (Å²) in [5.41, 5.74) is 1.46. The van der Waals surface area contributed by atoms with Gasteiger partial charge in [0.1, 0.15) is 22.2 Å². The topological polar surface area (TPSA) is 32.7 Å². The molecule has 0 unspecified atom stereocenters. The summed E-state index contributed by atoms with van der Waals surface area (Å²) < 4.78 is 13.3. The van der Waals surface area contributed by atoms with Gasteiger partial charge < -0.3 is 0 Å². The van der Waals surface area contributed by atoms with Crippen LogP contribution in [0.3, 0.4) is 0 Å². The van der Waals surface area contributed by atoms with Gasteiger partial charge in [0.05, 0.1) is 0 Å². The minimum absolute atomic E-state index is 0.202. The maximum Gasteiger partial charge on any atom is 0.260 e. The molecule has 1 spiro atoms. The molecule has 2 aromatic carbocycles. The first-order valence-corrected chi connectivity index (χ1v) is 9.31. The molecule has 0 atom stereocenters. The average molecular weight is 366 g/mol. The van der Waals surface area contributed by atoms with Crippen molar-refractivity contribution in [3.05, 3.63) is 71.5 Å². The number of amides is 1. The highest BCUT2D eigenvalue weighted by Gasteiger charge is 2.48. The molecule has 5 heteroatoms. The molecule has 0 aromatic heterocycles. The van der Waals surface area contributed by atoms with Gasteiger partial charge in [0, 0.05) is 11.1 Å². The zero-order valence-electron chi connectivity index (χ0n) is 14.3. The van der Waals surface area contributed by atoms with Gasteiger partial charge in [-0.1, -0.05) is 49.0 Å². The van der Waals surface area contributed by atoms with Gasteiger partial charge in [0.25, 0.3) is 5.91 Å². The summed E-state index contributed by atoms with van der Waals surface area (Å²) in [5, 5.41) is 0. The SMILES string of the molecule is O=C(c1ccc(F)cc1)N1C(=S)C(c2ccccc2)=NC12CCCCC2. The first-order valence-electron chi connectivity index (χ1n) is 8.90. The highest BCUT2D eigenvalue weighted by atomic mass is 32.1. The first-order chi connectivity index (χ1) is 12.6. The van der Waals surface area contributed by atoms with E-state index in [1.807, 2.05) is 30.3 Å². The van der Waals surface area contributed by atoms with Crippen LogP contribution in [0.4, 0.5) is 4.39 Å². The Kier molecular flexibility index (Phi) is 4.41. The summed E-state index contributed by atoms with van der Waals surface area (Å²) in [7, 11) is 0. The number of hydrogen-bond acceptors (Lipinski definition) is 3. The number of thiocarbonyl (C=S) groups is 1. The molecule has 0 N–H and O–H groups in total. The smallest absolute Gasteiger partial charge is 0.260 e. The predicted molar refractivity (Wildman–Crippen MR) is 104 cm³/mol. The number of hydrogen-bond donors (Lipinski definition) is 0. The van der Waals surface area contributed by atoms with Crippen molar-refractivity contribution in [3.63, 3.8) is 0 Å². The summed E-state index contributed by atoms with van der Waals surface area (Å²) in [6.07, 6.45) is 4.78. The van der Waals surface area contributed by atoms with Crippen molar-refractivity contribution in [3.8, 4) is 0 Å². The third-order valence-electron chi connectivity index (χ3n) is 5.14. The normalized spacial score (nSPS) is 18.9. The van der Waals surface area contributed by atoms with Crippen LogP contribution in [0, 0.1) is 5.82 Å². The molecular weight excluding hydrogens is 347 g/mol. The third kappa shape index (κ3) is 2.86. The second kappa shape index (κ2) is 6.72. The highest BCUT2D eigenvalue weighted by Crippen LogP contribution is 2.41. The van der Waals surface area contributed by atoms with E-state index < -0.39 is 5.66 Å². The van der Waals surface area contributed by atoms with Crippen LogP contribution in [-0.2, 0) is 0 Å². The van der Waals surface area contributed by atoms with Gasteiger partial charge >= 0.3 is 0 Å². The molecule has 1 saturated carbocycles. The van der Waals surface area contributed by atoms with Crippen LogP contribution in [0.5, 0.6) is 0 Å². The zero-order chi connectivity index (χ0) is 18.1. The lowest BCUT2D eigenvalue weighted by Gasteiger charge is -2.38. The van der Waals surface area contributed by atoms with Gasteiger partial charge in [0.2, 0.25) is 0 Å². The number of carbonyl (C=O) groups is 1. The standard InChI is InChI=1S/C21H19FN2OS/c22-17-11-9-16(10-12-17)19(25)24-20(26)18(15-7-3-1-4-8-15)23-21(24)13-5-2-6-14-21/h1,3-4,7-12H,2,5-6,13-14H2. The Morgan fingerprint density at radius 3 is 2.31 bits per heavy atom. The molecule has 1 heterocycles. The van der Waals surface area contributed by atoms with Crippen molar-refractivity contribution in [2.75, 3.05) is 0 Å². The second-order valence-electron chi connectivity index (χ2n) is 6.82. The molecule has 26 heavy (non-hydrogen) atoms. The van der Waals surface area contributed by atoms with Crippen LogP contribution in [-0.4, -0.2) is 27.2 Å². The molecule has 2 aliphatic rings. The molecular formula is C21H19FN2OS. The summed E-state index contributed by atoms with van der Waals surface area (Å²) in [6.45, 7) is 0. The number of rotatable bonds is 2. The van der Waals surface area contributed by atoms with Gasteiger partial charge in [-0.05, 0) is 49.9 Å². The van der Waals surface area contributed by atoms with E-state index in [9.17, 15) is 9.18 Å². The van der Waals surface area contributed by atoms with E-state index in [-0.39, 0.29) is 11.7 Å². The van der Waals surface area contributed by atoms with E-state index in [2.05, 4.69) is 0 Å². The molecule has 3 nitrogen and oxygen atoms in total. The molecule has 0 bridgehead atoms. The molecule has 0 saturated heterocycles. The Morgan fingerprint density at radius 2 is 1.65 bits per heavy atom. The van der Waals surface area contributed by atoms with Crippen molar-refractivity contribution in [1.29, 1.82) is 0 Å². The average Bonchev–Trinajstić information content (AvgIpc) is 2.95. The lowest BCUT2D eigenvalue weighted by molar-refractivity contribution is 0.0648. The molecule has 1 fully saturated rings. The molecule has 1 aliphatic heterocycles. The van der Waals surface area contributed by atoms with Crippen molar-refractivity contribution in [2.45, 2.75) is 37.8 Å². The predicted octanol–water partition coefficient (Wildman–Crippen LogP) is 4.76. The van der Waals surface area contributed by atoms with Crippen LogP contribution in [0.25, 0.3) is 0 Å². The summed E-state index contributed by atoms with van der Waals surface area (Å²) in [4.78, 5) is 20.4. The Balaban J connectivity index is 1.76. The number of nitrogens with zero attached hydrogens (tertiary/aromatic N) is 2. The van der Waals surface area contributed by atoms with Gasteiger partial charge in [-0.2, -0.15) is 0 Å². The second-order valence-corrected chi connectivity index (χ2v) is 7.21. The minimum Gasteiger partial charge on any atom is -0.271 e. The van der Waals surface area contributed by atoms with Crippen molar-refractivity contribution >= 4 is 28.8 Å². The Bertz CT molecular complexity index is 871. The summed E-state index contributed by atoms with van der Waals surface area (Å²) >= 11 is 5.70. The molecule has 132 valence electrons. The number of carbonyl (C=O) groups excluding carboxylic acids is 1. The van der Waals surface area contributed by atoms with E-state index in [0.29, 0.717) is 16.3 Å². The van der Waals surface area contributed by atoms with E-state index >= 15 is 0 Å². The largest absolute Gasteiger partial charge is 0.271 e. The molecule has 2 aromatic rings. The summed E-state index contributed by atoms with van der Waals surface area (Å²) in [6, 6.07) is 15.4. The van der Waals surface area contributed by atoms with Crippen LogP contribution in [0.2, 0.25) is 0 Å². The number of aliphatic imine (C=N–C) groups is 1. The minimum atomic E-state index is -0.605. The third-order valence-corrected chi connectivity index (χ3v) is 5.51. The lowest BCUT2D eigenvalue weighted by Crippen LogP contribution is -2.50. The quantitative estimate of drug-likeness (QED) is 0.718. The molecule has 0 radical (unpaired) electrons. The monoisotopic (exact) mass is 366 g/mol.